The number of carbonyl (C=O) groups is 1. The largest absolute Gasteiger partial charge is 0.367 e. The number of fused-ring (bicyclic) bond motifs is 1. The third kappa shape index (κ3) is 2.26. The summed E-state index contributed by atoms with van der Waals surface area (Å²) in [5.41, 5.74) is 6.94. The van der Waals surface area contributed by atoms with Gasteiger partial charge in [0, 0.05) is 19.1 Å². The minimum atomic E-state index is 0.0883. The molecule has 2 aliphatic rings. The van der Waals surface area contributed by atoms with Crippen molar-refractivity contribution < 1.29 is 9.53 Å². The van der Waals surface area contributed by atoms with E-state index in [2.05, 4.69) is 0 Å². The van der Waals surface area contributed by atoms with Gasteiger partial charge in [-0.2, -0.15) is 0 Å². The molecule has 1 saturated heterocycles. The fourth-order valence-electron chi connectivity index (χ4n) is 2.70. The Hall–Kier alpha value is -1.39. The van der Waals surface area contributed by atoms with Gasteiger partial charge in [0.05, 0.1) is 6.61 Å². The molecule has 0 radical (unpaired) electrons. The molecular formula is C14H18N2O2. The SMILES string of the molecule is NC1C2CN(C(=O)COCc3ccccc3)CC12. The number of piperidine rings is 1. The summed E-state index contributed by atoms with van der Waals surface area (Å²) in [7, 11) is 0. The van der Waals surface area contributed by atoms with Crippen LogP contribution in [0, 0.1) is 11.8 Å². The smallest absolute Gasteiger partial charge is 0.248 e. The molecule has 2 unspecified atom stereocenters. The molecule has 0 spiro atoms. The van der Waals surface area contributed by atoms with Crippen LogP contribution in [-0.4, -0.2) is 36.5 Å². The Bertz CT molecular complexity index is 423. The van der Waals surface area contributed by atoms with Crippen molar-refractivity contribution in [3.63, 3.8) is 0 Å². The average Bonchev–Trinajstić information content (AvgIpc) is 2.82. The summed E-state index contributed by atoms with van der Waals surface area (Å²) in [5.74, 6) is 1.18. The number of nitrogens with two attached hydrogens (primary N) is 1. The zero-order chi connectivity index (χ0) is 12.5. The van der Waals surface area contributed by atoms with Gasteiger partial charge in [-0.1, -0.05) is 30.3 Å². The van der Waals surface area contributed by atoms with E-state index in [9.17, 15) is 4.79 Å². The van der Waals surface area contributed by atoms with Gasteiger partial charge in [-0.15, -0.1) is 0 Å². The highest BCUT2D eigenvalue weighted by Crippen LogP contribution is 2.43. The van der Waals surface area contributed by atoms with Gasteiger partial charge in [-0.3, -0.25) is 4.79 Å². The third-order valence-electron chi connectivity index (χ3n) is 3.95. The van der Waals surface area contributed by atoms with Crippen molar-refractivity contribution >= 4 is 5.91 Å². The number of carbonyl (C=O) groups excluding carboxylic acids is 1. The first-order chi connectivity index (χ1) is 8.75. The highest BCUT2D eigenvalue weighted by atomic mass is 16.5. The molecule has 1 aromatic carbocycles. The highest BCUT2D eigenvalue weighted by molar-refractivity contribution is 5.78. The van der Waals surface area contributed by atoms with E-state index in [0.717, 1.165) is 18.7 Å². The maximum absolute atomic E-state index is 11.9. The summed E-state index contributed by atoms with van der Waals surface area (Å²) in [6, 6.07) is 10.2. The molecule has 4 nitrogen and oxygen atoms in total. The number of rotatable bonds is 4. The number of nitrogens with zero attached hydrogens (tertiary/aromatic N) is 1. The first kappa shape index (κ1) is 11.7. The summed E-state index contributed by atoms with van der Waals surface area (Å²) in [5, 5.41) is 0. The Morgan fingerprint density at radius 2 is 1.94 bits per heavy atom. The number of hydrogen-bond acceptors (Lipinski definition) is 3. The predicted octanol–water partition coefficient (Wildman–Crippen LogP) is 0.619. The molecule has 18 heavy (non-hydrogen) atoms. The molecule has 4 heteroatoms. The first-order valence-corrected chi connectivity index (χ1v) is 6.41. The number of hydrogen-bond donors (Lipinski definition) is 1. The second-order valence-corrected chi connectivity index (χ2v) is 5.18. The molecule has 1 saturated carbocycles. The number of amides is 1. The van der Waals surface area contributed by atoms with Crippen molar-refractivity contribution in [2.75, 3.05) is 19.7 Å². The Kier molecular flexibility index (Phi) is 3.06. The normalized spacial score (nSPS) is 29.2. The minimum Gasteiger partial charge on any atom is -0.367 e. The van der Waals surface area contributed by atoms with Gasteiger partial charge in [-0.25, -0.2) is 0 Å². The molecule has 1 amide bonds. The van der Waals surface area contributed by atoms with Crippen molar-refractivity contribution in [1.29, 1.82) is 0 Å². The maximum atomic E-state index is 11.9. The molecule has 96 valence electrons. The van der Waals surface area contributed by atoms with Gasteiger partial charge >= 0.3 is 0 Å². The molecule has 1 aromatic rings. The quantitative estimate of drug-likeness (QED) is 0.847. The summed E-state index contributed by atoms with van der Waals surface area (Å²) in [6.07, 6.45) is 0. The molecule has 2 fully saturated rings. The molecular weight excluding hydrogens is 228 g/mol. The lowest BCUT2D eigenvalue weighted by molar-refractivity contribution is -0.136. The lowest BCUT2D eigenvalue weighted by atomic mass is 10.2. The van der Waals surface area contributed by atoms with Gasteiger partial charge in [0.2, 0.25) is 5.91 Å². The van der Waals surface area contributed by atoms with E-state index in [1.165, 1.54) is 0 Å². The first-order valence-electron chi connectivity index (χ1n) is 6.41. The van der Waals surface area contributed by atoms with Gasteiger partial charge < -0.3 is 15.4 Å². The summed E-state index contributed by atoms with van der Waals surface area (Å²) >= 11 is 0. The van der Waals surface area contributed by atoms with Crippen LogP contribution in [0.1, 0.15) is 5.56 Å². The van der Waals surface area contributed by atoms with Crippen molar-refractivity contribution in [2.45, 2.75) is 12.6 Å². The molecule has 2 atom stereocenters. The fourth-order valence-corrected chi connectivity index (χ4v) is 2.70. The van der Waals surface area contributed by atoms with Crippen LogP contribution in [0.2, 0.25) is 0 Å². The molecule has 1 heterocycles. The Morgan fingerprint density at radius 1 is 1.28 bits per heavy atom. The van der Waals surface area contributed by atoms with Crippen molar-refractivity contribution in [2.24, 2.45) is 17.6 Å². The van der Waals surface area contributed by atoms with E-state index in [4.69, 9.17) is 10.5 Å². The van der Waals surface area contributed by atoms with Crippen LogP contribution in [0.25, 0.3) is 0 Å². The lowest BCUT2D eigenvalue weighted by Crippen LogP contribution is -2.36. The van der Waals surface area contributed by atoms with Crippen LogP contribution >= 0.6 is 0 Å². The molecule has 3 rings (SSSR count). The Morgan fingerprint density at radius 3 is 2.61 bits per heavy atom. The van der Waals surface area contributed by atoms with E-state index < -0.39 is 0 Å². The summed E-state index contributed by atoms with van der Waals surface area (Å²) in [4.78, 5) is 13.7. The van der Waals surface area contributed by atoms with E-state index in [1.807, 2.05) is 35.2 Å². The van der Waals surface area contributed by atoms with Crippen molar-refractivity contribution in [3.05, 3.63) is 35.9 Å². The topological polar surface area (TPSA) is 55.6 Å². The minimum absolute atomic E-state index is 0.0883. The maximum Gasteiger partial charge on any atom is 0.248 e. The second kappa shape index (κ2) is 4.71. The summed E-state index contributed by atoms with van der Waals surface area (Å²) < 4.78 is 5.45. The van der Waals surface area contributed by atoms with Crippen LogP contribution in [0.3, 0.4) is 0 Å². The van der Waals surface area contributed by atoms with Crippen molar-refractivity contribution in [1.82, 2.24) is 4.90 Å². The summed E-state index contributed by atoms with van der Waals surface area (Å²) in [6.45, 7) is 2.30. The van der Waals surface area contributed by atoms with Gasteiger partial charge in [0.1, 0.15) is 6.61 Å². The number of ether oxygens (including phenoxy) is 1. The van der Waals surface area contributed by atoms with E-state index in [1.54, 1.807) is 0 Å². The number of benzene rings is 1. The third-order valence-corrected chi connectivity index (χ3v) is 3.95. The predicted molar refractivity (Wildman–Crippen MR) is 67.6 cm³/mol. The van der Waals surface area contributed by atoms with Crippen LogP contribution in [0.5, 0.6) is 0 Å². The second-order valence-electron chi connectivity index (χ2n) is 5.18. The van der Waals surface area contributed by atoms with Gasteiger partial charge in [0.15, 0.2) is 0 Å². The number of likely N-dealkylation sites (tertiary alicyclic amines) is 1. The molecule has 2 N–H and O–H groups in total. The van der Waals surface area contributed by atoms with Crippen LogP contribution in [0.4, 0.5) is 0 Å². The van der Waals surface area contributed by atoms with E-state index >= 15 is 0 Å². The highest BCUT2D eigenvalue weighted by Gasteiger charge is 2.54. The van der Waals surface area contributed by atoms with Crippen LogP contribution in [-0.2, 0) is 16.1 Å². The van der Waals surface area contributed by atoms with Crippen molar-refractivity contribution in [3.8, 4) is 0 Å². The zero-order valence-corrected chi connectivity index (χ0v) is 10.3. The molecule has 0 aromatic heterocycles. The van der Waals surface area contributed by atoms with E-state index in [0.29, 0.717) is 24.5 Å². The average molecular weight is 246 g/mol. The monoisotopic (exact) mass is 246 g/mol. The molecule has 1 aliphatic carbocycles. The van der Waals surface area contributed by atoms with E-state index in [-0.39, 0.29) is 12.5 Å². The standard InChI is InChI=1S/C14H18N2O2/c15-14-11-6-16(7-12(11)14)13(17)9-18-8-10-4-2-1-3-5-10/h1-5,11-12,14H,6-9,15H2. The Labute approximate surface area is 107 Å². The van der Waals surface area contributed by atoms with Crippen LogP contribution < -0.4 is 5.73 Å². The Balaban J connectivity index is 1.40. The molecule has 1 aliphatic heterocycles. The lowest BCUT2D eigenvalue weighted by Gasteiger charge is -2.18. The zero-order valence-electron chi connectivity index (χ0n) is 10.3. The molecule has 0 bridgehead atoms. The fraction of sp³-hybridized carbons (Fsp3) is 0.500. The van der Waals surface area contributed by atoms with Crippen LogP contribution in [0.15, 0.2) is 30.3 Å². The van der Waals surface area contributed by atoms with Gasteiger partial charge in [-0.05, 0) is 17.4 Å². The van der Waals surface area contributed by atoms with Gasteiger partial charge in [0.25, 0.3) is 0 Å².